The molecule has 2 aliphatic rings. The summed E-state index contributed by atoms with van der Waals surface area (Å²) >= 11 is 0. The first-order chi connectivity index (χ1) is 12.6. The molecule has 0 fully saturated rings. The van der Waals surface area contributed by atoms with Gasteiger partial charge in [-0.3, -0.25) is 9.59 Å². The Balaban J connectivity index is 1.46. The Bertz CT molecular complexity index is 859. The molecule has 0 spiro atoms. The van der Waals surface area contributed by atoms with Crippen molar-refractivity contribution in [2.24, 2.45) is 0 Å². The van der Waals surface area contributed by atoms with Gasteiger partial charge in [-0.15, -0.1) is 0 Å². The minimum Gasteiger partial charge on any atom is -0.338 e. The summed E-state index contributed by atoms with van der Waals surface area (Å²) in [6, 6.07) is 14.7. The van der Waals surface area contributed by atoms with Crippen LogP contribution in [0.15, 0.2) is 42.5 Å². The van der Waals surface area contributed by atoms with Gasteiger partial charge in [-0.1, -0.05) is 42.5 Å². The largest absolute Gasteiger partial charge is 0.338 e. The zero-order valence-electron chi connectivity index (χ0n) is 15.2. The van der Waals surface area contributed by atoms with Crippen LogP contribution in [-0.4, -0.2) is 34.7 Å². The van der Waals surface area contributed by atoms with Gasteiger partial charge in [0, 0.05) is 33.1 Å². The van der Waals surface area contributed by atoms with E-state index in [-0.39, 0.29) is 11.8 Å². The van der Waals surface area contributed by atoms with Gasteiger partial charge in [0.1, 0.15) is 0 Å². The molecule has 0 atom stereocenters. The second kappa shape index (κ2) is 6.94. The fourth-order valence-electron chi connectivity index (χ4n) is 3.98. The van der Waals surface area contributed by atoms with Gasteiger partial charge < -0.3 is 9.80 Å². The second-order valence-electron chi connectivity index (χ2n) is 7.30. The summed E-state index contributed by atoms with van der Waals surface area (Å²) in [5.74, 6) is 0.294. The normalized spacial score (nSPS) is 16.0. The molecule has 0 bridgehead atoms. The van der Waals surface area contributed by atoms with Crippen LogP contribution in [-0.2, 0) is 41.9 Å². The van der Waals surface area contributed by atoms with Crippen molar-refractivity contribution < 1.29 is 9.59 Å². The Kier molecular flexibility index (Phi) is 4.49. The first kappa shape index (κ1) is 16.8. The first-order valence-corrected chi connectivity index (χ1v) is 9.31. The molecule has 2 heterocycles. The van der Waals surface area contributed by atoms with Crippen LogP contribution in [0.3, 0.4) is 0 Å². The molecular weight excluding hydrogens is 324 g/mol. The quantitative estimate of drug-likeness (QED) is 0.837. The molecule has 4 nitrogen and oxygen atoms in total. The van der Waals surface area contributed by atoms with Crippen LogP contribution in [0.5, 0.6) is 0 Å². The molecule has 2 amide bonds. The second-order valence-corrected chi connectivity index (χ2v) is 7.30. The summed E-state index contributed by atoms with van der Waals surface area (Å²) in [4.78, 5) is 28.3. The maximum atomic E-state index is 12.8. The molecule has 2 aliphatic heterocycles. The number of carbonyl (C=O) groups is 2. The number of carbonyl (C=O) groups excluding carboxylic acids is 2. The van der Waals surface area contributed by atoms with Crippen molar-refractivity contribution in [3.8, 4) is 0 Å². The summed E-state index contributed by atoms with van der Waals surface area (Å²) in [6.45, 7) is 4.56. The molecule has 0 radical (unpaired) electrons. The van der Waals surface area contributed by atoms with Crippen molar-refractivity contribution in [2.75, 3.05) is 13.1 Å². The highest BCUT2D eigenvalue weighted by molar-refractivity contribution is 5.79. The number of hydrogen-bond donors (Lipinski definition) is 0. The zero-order chi connectivity index (χ0) is 18.1. The smallest absolute Gasteiger partial charge is 0.227 e. The molecule has 0 saturated carbocycles. The van der Waals surface area contributed by atoms with Crippen LogP contribution in [0.25, 0.3) is 0 Å². The monoisotopic (exact) mass is 348 g/mol. The fraction of sp³-hybridized carbons (Fsp3) is 0.364. The highest BCUT2D eigenvalue weighted by Crippen LogP contribution is 2.22. The third-order valence-electron chi connectivity index (χ3n) is 5.57. The van der Waals surface area contributed by atoms with Crippen LogP contribution < -0.4 is 0 Å². The van der Waals surface area contributed by atoms with Crippen molar-refractivity contribution in [3.05, 3.63) is 70.3 Å². The minimum atomic E-state index is 0.115. The number of hydrogen-bond acceptors (Lipinski definition) is 2. The van der Waals surface area contributed by atoms with Gasteiger partial charge in [0.25, 0.3) is 0 Å². The van der Waals surface area contributed by atoms with Gasteiger partial charge in [0.2, 0.25) is 11.8 Å². The molecule has 2 aromatic carbocycles. The van der Waals surface area contributed by atoms with Crippen molar-refractivity contribution in [2.45, 2.75) is 39.3 Å². The topological polar surface area (TPSA) is 40.6 Å². The molecule has 0 aromatic heterocycles. The van der Waals surface area contributed by atoms with Gasteiger partial charge in [-0.05, 0) is 40.7 Å². The Hall–Kier alpha value is -2.62. The van der Waals surface area contributed by atoms with Gasteiger partial charge in [-0.2, -0.15) is 0 Å². The molecule has 2 aromatic rings. The SMILES string of the molecule is CC(=O)N1CCc2ccc(CC(=O)N3CCc4ccccc4C3)cc2C1. The first-order valence-electron chi connectivity index (χ1n) is 9.31. The number of benzene rings is 2. The molecule has 0 saturated heterocycles. The lowest BCUT2D eigenvalue weighted by Crippen LogP contribution is -2.37. The summed E-state index contributed by atoms with van der Waals surface area (Å²) in [5.41, 5.74) is 6.13. The standard InChI is InChI=1S/C22H24N2O2/c1-16(25)23-10-8-19-7-6-17(12-21(19)15-23)13-22(26)24-11-9-18-4-2-3-5-20(18)14-24/h2-7,12H,8-11,13-15H2,1H3. The van der Waals surface area contributed by atoms with E-state index in [0.717, 1.165) is 31.5 Å². The van der Waals surface area contributed by atoms with Gasteiger partial charge in [0.15, 0.2) is 0 Å². The lowest BCUT2D eigenvalue weighted by Gasteiger charge is -2.30. The highest BCUT2D eigenvalue weighted by Gasteiger charge is 2.22. The fourth-order valence-corrected chi connectivity index (χ4v) is 3.98. The molecule has 0 N–H and O–H groups in total. The molecule has 134 valence electrons. The number of rotatable bonds is 2. The van der Waals surface area contributed by atoms with Crippen LogP contribution in [0, 0.1) is 0 Å². The van der Waals surface area contributed by atoms with E-state index >= 15 is 0 Å². The molecule has 4 heteroatoms. The van der Waals surface area contributed by atoms with Crippen LogP contribution >= 0.6 is 0 Å². The summed E-state index contributed by atoms with van der Waals surface area (Å²) in [7, 11) is 0. The van der Waals surface area contributed by atoms with Crippen molar-refractivity contribution in [1.29, 1.82) is 0 Å². The van der Waals surface area contributed by atoms with E-state index in [4.69, 9.17) is 0 Å². The van der Waals surface area contributed by atoms with E-state index in [2.05, 4.69) is 36.4 Å². The van der Waals surface area contributed by atoms with Crippen LogP contribution in [0.2, 0.25) is 0 Å². The van der Waals surface area contributed by atoms with Gasteiger partial charge >= 0.3 is 0 Å². The summed E-state index contributed by atoms with van der Waals surface area (Å²) in [5, 5.41) is 0. The van der Waals surface area contributed by atoms with Crippen molar-refractivity contribution >= 4 is 11.8 Å². The third-order valence-corrected chi connectivity index (χ3v) is 5.57. The van der Waals surface area contributed by atoms with Crippen LogP contribution in [0.1, 0.15) is 34.7 Å². The molecule has 0 aliphatic carbocycles. The number of amides is 2. The van der Waals surface area contributed by atoms with E-state index in [0.29, 0.717) is 19.5 Å². The Morgan fingerprint density at radius 1 is 0.846 bits per heavy atom. The van der Waals surface area contributed by atoms with Gasteiger partial charge in [-0.25, -0.2) is 0 Å². The van der Waals surface area contributed by atoms with Crippen LogP contribution in [0.4, 0.5) is 0 Å². The van der Waals surface area contributed by atoms with E-state index in [9.17, 15) is 9.59 Å². The van der Waals surface area contributed by atoms with E-state index in [1.54, 1.807) is 6.92 Å². The zero-order valence-corrected chi connectivity index (χ0v) is 15.2. The molecular formula is C22H24N2O2. The predicted molar refractivity (Wildman–Crippen MR) is 101 cm³/mol. The summed E-state index contributed by atoms with van der Waals surface area (Å²) < 4.78 is 0. The lowest BCUT2D eigenvalue weighted by molar-refractivity contribution is -0.131. The Labute approximate surface area is 154 Å². The van der Waals surface area contributed by atoms with Crippen molar-refractivity contribution in [3.63, 3.8) is 0 Å². The maximum absolute atomic E-state index is 12.8. The Morgan fingerprint density at radius 2 is 1.50 bits per heavy atom. The average molecular weight is 348 g/mol. The third kappa shape index (κ3) is 3.36. The summed E-state index contributed by atoms with van der Waals surface area (Å²) in [6.07, 6.45) is 2.25. The number of fused-ring (bicyclic) bond motifs is 2. The molecule has 26 heavy (non-hydrogen) atoms. The lowest BCUT2D eigenvalue weighted by atomic mass is 9.95. The molecule has 4 rings (SSSR count). The van der Waals surface area contributed by atoms with E-state index in [1.165, 1.54) is 22.3 Å². The Morgan fingerprint density at radius 3 is 2.27 bits per heavy atom. The van der Waals surface area contributed by atoms with E-state index < -0.39 is 0 Å². The molecule has 0 unspecified atom stereocenters. The minimum absolute atomic E-state index is 0.115. The predicted octanol–water partition coefficient (Wildman–Crippen LogP) is 2.72. The maximum Gasteiger partial charge on any atom is 0.227 e. The number of nitrogens with zero attached hydrogens (tertiary/aromatic N) is 2. The average Bonchev–Trinajstić information content (AvgIpc) is 2.67. The van der Waals surface area contributed by atoms with E-state index in [1.807, 2.05) is 15.9 Å². The van der Waals surface area contributed by atoms with Gasteiger partial charge in [0.05, 0.1) is 6.42 Å². The highest BCUT2D eigenvalue weighted by atomic mass is 16.2. The van der Waals surface area contributed by atoms with Crippen molar-refractivity contribution in [1.82, 2.24) is 9.80 Å².